The third-order valence-electron chi connectivity index (χ3n) is 4.75. The van der Waals surface area contributed by atoms with Gasteiger partial charge in [0.15, 0.2) is 0 Å². The average molecular weight is 382 g/mol. The maximum absolute atomic E-state index is 12.6. The van der Waals surface area contributed by atoms with E-state index < -0.39 is 0 Å². The van der Waals surface area contributed by atoms with Crippen molar-refractivity contribution in [3.05, 3.63) is 53.2 Å². The third kappa shape index (κ3) is 4.42. The number of pyridine rings is 1. The molecule has 1 fully saturated rings. The van der Waals surface area contributed by atoms with E-state index in [0.29, 0.717) is 31.0 Å². The van der Waals surface area contributed by atoms with E-state index in [1.807, 2.05) is 32.0 Å². The van der Waals surface area contributed by atoms with Crippen LogP contribution in [0.2, 0.25) is 0 Å². The van der Waals surface area contributed by atoms with Crippen LogP contribution >= 0.6 is 0 Å². The number of aromatic nitrogens is 1. The van der Waals surface area contributed by atoms with E-state index in [-0.39, 0.29) is 18.0 Å². The molecular weight excluding hydrogens is 356 g/mol. The maximum Gasteiger partial charge on any atom is 0.321 e. The first-order valence-electron chi connectivity index (χ1n) is 9.31. The number of amides is 3. The minimum atomic E-state index is -0.201. The van der Waals surface area contributed by atoms with Crippen molar-refractivity contribution >= 4 is 17.6 Å². The Morgan fingerprint density at radius 1 is 1.25 bits per heavy atom. The number of ether oxygens (including phenoxy) is 1. The van der Waals surface area contributed by atoms with Crippen LogP contribution in [0.5, 0.6) is 5.88 Å². The molecule has 0 saturated carbocycles. The molecule has 1 aromatic carbocycles. The first-order chi connectivity index (χ1) is 13.3. The number of carbonyl (C=O) groups is 2. The molecule has 28 heavy (non-hydrogen) atoms. The van der Waals surface area contributed by atoms with Gasteiger partial charge in [0.1, 0.15) is 11.7 Å². The number of rotatable bonds is 4. The molecule has 1 atom stereocenters. The van der Waals surface area contributed by atoms with E-state index in [1.165, 1.54) is 4.90 Å². The number of nitrogens with one attached hydrogen (secondary N) is 1. The first kappa shape index (κ1) is 19.7. The molecule has 1 unspecified atom stereocenters. The highest BCUT2D eigenvalue weighted by molar-refractivity contribution is 5.96. The molecule has 7 heteroatoms. The van der Waals surface area contributed by atoms with Crippen molar-refractivity contribution in [2.45, 2.75) is 26.4 Å². The summed E-state index contributed by atoms with van der Waals surface area (Å²) >= 11 is 0. The number of benzene rings is 1. The Labute approximate surface area is 165 Å². The van der Waals surface area contributed by atoms with Crippen LogP contribution in [0, 0.1) is 13.8 Å². The third-order valence-corrected chi connectivity index (χ3v) is 4.75. The Morgan fingerprint density at radius 3 is 2.79 bits per heavy atom. The molecule has 2 aromatic rings. The van der Waals surface area contributed by atoms with Crippen LogP contribution < -0.4 is 10.1 Å². The monoisotopic (exact) mass is 382 g/mol. The van der Waals surface area contributed by atoms with E-state index >= 15 is 0 Å². The molecule has 2 heterocycles. The van der Waals surface area contributed by atoms with Gasteiger partial charge < -0.3 is 19.9 Å². The Bertz CT molecular complexity index is 882. The smallest absolute Gasteiger partial charge is 0.321 e. The fraction of sp³-hybridized carbons (Fsp3) is 0.381. The number of hydrogen-bond donors (Lipinski definition) is 1. The second-order valence-electron chi connectivity index (χ2n) is 7.28. The Balaban J connectivity index is 1.64. The lowest BCUT2D eigenvalue weighted by molar-refractivity contribution is 0.0818. The van der Waals surface area contributed by atoms with Crippen molar-refractivity contribution in [1.82, 2.24) is 14.8 Å². The van der Waals surface area contributed by atoms with Gasteiger partial charge in [-0.3, -0.25) is 4.79 Å². The van der Waals surface area contributed by atoms with Crippen LogP contribution in [0.3, 0.4) is 0 Å². The topological polar surface area (TPSA) is 74.8 Å². The molecule has 1 aromatic heterocycles. The number of urea groups is 1. The predicted molar refractivity (Wildman–Crippen MR) is 108 cm³/mol. The largest absolute Gasteiger partial charge is 0.472 e. The molecule has 7 nitrogen and oxygen atoms in total. The molecule has 148 valence electrons. The normalized spacial score (nSPS) is 16.0. The van der Waals surface area contributed by atoms with Crippen molar-refractivity contribution < 1.29 is 14.3 Å². The highest BCUT2D eigenvalue weighted by Crippen LogP contribution is 2.23. The predicted octanol–water partition coefficient (Wildman–Crippen LogP) is 3.09. The van der Waals surface area contributed by atoms with Crippen LogP contribution in [0.1, 0.15) is 27.9 Å². The Morgan fingerprint density at radius 2 is 2.04 bits per heavy atom. The number of hydrogen-bond acceptors (Lipinski definition) is 4. The Kier molecular flexibility index (Phi) is 5.82. The zero-order valence-corrected chi connectivity index (χ0v) is 16.7. The van der Waals surface area contributed by atoms with Crippen LogP contribution in [-0.4, -0.2) is 60.0 Å². The summed E-state index contributed by atoms with van der Waals surface area (Å²) in [5, 5.41) is 2.98. The van der Waals surface area contributed by atoms with E-state index in [9.17, 15) is 9.59 Å². The summed E-state index contributed by atoms with van der Waals surface area (Å²) < 4.78 is 5.97. The molecule has 0 bridgehead atoms. The highest BCUT2D eigenvalue weighted by Gasteiger charge is 2.29. The van der Waals surface area contributed by atoms with Crippen molar-refractivity contribution in [3.63, 3.8) is 0 Å². The summed E-state index contributed by atoms with van der Waals surface area (Å²) in [4.78, 5) is 32.4. The van der Waals surface area contributed by atoms with Crippen molar-refractivity contribution in [2.24, 2.45) is 0 Å². The van der Waals surface area contributed by atoms with E-state index in [1.54, 1.807) is 37.3 Å². The van der Waals surface area contributed by atoms with Crippen LogP contribution in [-0.2, 0) is 0 Å². The van der Waals surface area contributed by atoms with Crippen molar-refractivity contribution in [3.8, 4) is 5.88 Å². The van der Waals surface area contributed by atoms with Gasteiger partial charge in [-0.25, -0.2) is 9.78 Å². The summed E-state index contributed by atoms with van der Waals surface area (Å²) in [5.41, 5.74) is 3.35. The molecule has 1 aliphatic heterocycles. The Hall–Kier alpha value is -3.09. The lowest BCUT2D eigenvalue weighted by atomic mass is 10.1. The fourth-order valence-electron chi connectivity index (χ4n) is 3.12. The molecule has 3 rings (SSSR count). The molecular formula is C21H26N4O3. The number of carbonyl (C=O) groups excluding carboxylic acids is 2. The average Bonchev–Trinajstić information content (AvgIpc) is 3.13. The maximum atomic E-state index is 12.6. The SMILES string of the molecule is Cc1ccc(C)c(NC(=O)N2CCC(Oc3ncccc3C(=O)N(C)C)C2)c1. The van der Waals surface area contributed by atoms with Crippen LogP contribution in [0.4, 0.5) is 10.5 Å². The van der Waals surface area contributed by atoms with Gasteiger partial charge >= 0.3 is 6.03 Å². The van der Waals surface area contributed by atoms with E-state index in [2.05, 4.69) is 10.3 Å². The quantitative estimate of drug-likeness (QED) is 0.882. The standard InChI is InChI=1S/C21H26N4O3/c1-14-7-8-15(2)18(12-14)23-21(27)25-11-9-16(13-25)28-19-17(6-5-10-22-19)20(26)24(3)4/h5-8,10,12,16H,9,11,13H2,1-4H3,(H,23,27). The van der Waals surface area contributed by atoms with Gasteiger partial charge in [0.05, 0.1) is 6.54 Å². The van der Waals surface area contributed by atoms with Gasteiger partial charge in [0, 0.05) is 38.9 Å². The lowest BCUT2D eigenvalue weighted by Gasteiger charge is -2.19. The molecule has 3 amide bonds. The summed E-state index contributed by atoms with van der Waals surface area (Å²) in [6.45, 7) is 5.00. The summed E-state index contributed by atoms with van der Waals surface area (Å²) in [5.74, 6) is 0.147. The van der Waals surface area contributed by atoms with Gasteiger partial charge in [-0.15, -0.1) is 0 Å². The van der Waals surface area contributed by atoms with E-state index in [4.69, 9.17) is 4.74 Å². The molecule has 0 radical (unpaired) electrons. The molecule has 0 aliphatic carbocycles. The van der Waals surface area contributed by atoms with Crippen molar-refractivity contribution in [1.29, 1.82) is 0 Å². The summed E-state index contributed by atoms with van der Waals surface area (Å²) in [7, 11) is 3.38. The number of aryl methyl sites for hydroxylation is 2. The van der Waals surface area contributed by atoms with Gasteiger partial charge in [-0.2, -0.15) is 0 Å². The van der Waals surface area contributed by atoms with Gasteiger partial charge in [-0.05, 0) is 43.2 Å². The first-order valence-corrected chi connectivity index (χ1v) is 9.31. The lowest BCUT2D eigenvalue weighted by Crippen LogP contribution is -2.35. The van der Waals surface area contributed by atoms with Gasteiger partial charge in [-0.1, -0.05) is 12.1 Å². The van der Waals surface area contributed by atoms with Gasteiger partial charge in [0.2, 0.25) is 5.88 Å². The second kappa shape index (κ2) is 8.29. The number of nitrogens with zero attached hydrogens (tertiary/aromatic N) is 3. The van der Waals surface area contributed by atoms with Crippen LogP contribution in [0.25, 0.3) is 0 Å². The van der Waals surface area contributed by atoms with Crippen molar-refractivity contribution in [2.75, 3.05) is 32.5 Å². The number of likely N-dealkylation sites (tertiary alicyclic amines) is 1. The minimum Gasteiger partial charge on any atom is -0.472 e. The summed E-state index contributed by atoms with van der Waals surface area (Å²) in [6, 6.07) is 9.23. The highest BCUT2D eigenvalue weighted by atomic mass is 16.5. The van der Waals surface area contributed by atoms with Gasteiger partial charge in [0.25, 0.3) is 5.91 Å². The second-order valence-corrected chi connectivity index (χ2v) is 7.28. The fourth-order valence-corrected chi connectivity index (χ4v) is 3.12. The summed E-state index contributed by atoms with van der Waals surface area (Å²) in [6.07, 6.45) is 2.08. The zero-order chi connectivity index (χ0) is 20.3. The molecule has 1 aliphatic rings. The van der Waals surface area contributed by atoms with Crippen LogP contribution in [0.15, 0.2) is 36.5 Å². The molecule has 1 saturated heterocycles. The number of anilines is 1. The molecule has 1 N–H and O–H groups in total. The zero-order valence-electron chi connectivity index (χ0n) is 16.7. The molecule has 0 spiro atoms. The minimum absolute atomic E-state index is 0.148. The van der Waals surface area contributed by atoms with E-state index in [0.717, 1.165) is 16.8 Å².